The number of hydrogen-bond donors (Lipinski definition) is 0. The highest BCUT2D eigenvalue weighted by atomic mass is 35.5. The van der Waals surface area contributed by atoms with Gasteiger partial charge in [-0.2, -0.15) is 0 Å². The van der Waals surface area contributed by atoms with E-state index >= 15 is 0 Å². The van der Waals surface area contributed by atoms with Gasteiger partial charge in [0, 0.05) is 24.1 Å². The van der Waals surface area contributed by atoms with Crippen LogP contribution in [0.2, 0.25) is 5.02 Å². The quantitative estimate of drug-likeness (QED) is 0.433. The first-order chi connectivity index (χ1) is 12.6. The Morgan fingerprint density at radius 3 is 3.00 bits per heavy atom. The molecule has 0 atom stereocenters. The Morgan fingerprint density at radius 1 is 1.23 bits per heavy atom. The lowest BCUT2D eigenvalue weighted by Crippen LogP contribution is -1.97. The average molecular weight is 384 g/mol. The second kappa shape index (κ2) is 5.89. The monoisotopic (exact) mass is 383 g/mol. The minimum atomic E-state index is -0.396. The molecule has 0 radical (unpaired) electrons. The summed E-state index contributed by atoms with van der Waals surface area (Å²) in [6.45, 7) is 2.85. The van der Waals surface area contributed by atoms with Crippen molar-refractivity contribution in [3.8, 4) is 22.5 Å². The summed E-state index contributed by atoms with van der Waals surface area (Å²) in [7, 11) is 0. The molecule has 26 heavy (non-hydrogen) atoms. The van der Waals surface area contributed by atoms with Crippen molar-refractivity contribution in [2.45, 2.75) is 26.3 Å². The van der Waals surface area contributed by atoms with Crippen LogP contribution in [0.1, 0.15) is 17.8 Å². The number of aromatic nitrogens is 3. The van der Waals surface area contributed by atoms with Crippen molar-refractivity contribution in [1.29, 1.82) is 0 Å². The van der Waals surface area contributed by atoms with Crippen LogP contribution in [0, 0.1) is 12.7 Å². The minimum absolute atomic E-state index is 0.127. The Labute approximate surface area is 159 Å². The van der Waals surface area contributed by atoms with E-state index in [-0.39, 0.29) is 5.02 Å². The van der Waals surface area contributed by atoms with Crippen LogP contribution < -0.4 is 0 Å². The fourth-order valence-electron chi connectivity index (χ4n) is 3.71. The van der Waals surface area contributed by atoms with Crippen LogP contribution in [-0.4, -0.2) is 14.5 Å². The Kier molecular flexibility index (Phi) is 3.62. The van der Waals surface area contributed by atoms with Gasteiger partial charge >= 0.3 is 0 Å². The van der Waals surface area contributed by atoms with Crippen molar-refractivity contribution in [3.05, 3.63) is 58.1 Å². The summed E-state index contributed by atoms with van der Waals surface area (Å²) >= 11 is 7.71. The zero-order valence-corrected chi connectivity index (χ0v) is 15.7. The van der Waals surface area contributed by atoms with Gasteiger partial charge in [-0.05, 0) is 43.2 Å². The molecule has 0 fully saturated rings. The van der Waals surface area contributed by atoms with Crippen LogP contribution in [0.4, 0.5) is 4.39 Å². The fourth-order valence-corrected chi connectivity index (χ4v) is 4.59. The molecule has 2 aromatic heterocycles. The second-order valence-corrected chi connectivity index (χ2v) is 7.89. The molecule has 1 aliphatic heterocycles. The zero-order chi connectivity index (χ0) is 17.8. The van der Waals surface area contributed by atoms with Gasteiger partial charge in [0.2, 0.25) is 0 Å². The number of rotatable bonds is 2. The van der Waals surface area contributed by atoms with Crippen molar-refractivity contribution in [1.82, 2.24) is 14.5 Å². The van der Waals surface area contributed by atoms with E-state index in [0.29, 0.717) is 0 Å². The molecule has 0 saturated carbocycles. The topological polar surface area (TPSA) is 30.7 Å². The normalized spacial score (nSPS) is 13.5. The van der Waals surface area contributed by atoms with Crippen molar-refractivity contribution in [3.63, 3.8) is 0 Å². The summed E-state index contributed by atoms with van der Waals surface area (Å²) in [6, 6.07) is 9.48. The van der Waals surface area contributed by atoms with Crippen molar-refractivity contribution < 1.29 is 4.39 Å². The second-order valence-electron chi connectivity index (χ2n) is 6.60. The number of benzene rings is 2. The van der Waals surface area contributed by atoms with E-state index < -0.39 is 5.82 Å². The molecule has 0 spiro atoms. The maximum Gasteiger partial charge on any atom is 0.142 e. The summed E-state index contributed by atoms with van der Waals surface area (Å²) in [6.07, 6.45) is 2.06. The molecule has 3 heterocycles. The molecular weight excluding hydrogens is 369 g/mol. The largest absolute Gasteiger partial charge is 0.327 e. The van der Waals surface area contributed by atoms with Crippen molar-refractivity contribution in [2.24, 2.45) is 0 Å². The van der Waals surface area contributed by atoms with Gasteiger partial charge < -0.3 is 4.57 Å². The maximum absolute atomic E-state index is 13.8. The lowest BCUT2D eigenvalue weighted by molar-refractivity contribution is 0.627. The summed E-state index contributed by atoms with van der Waals surface area (Å²) < 4.78 is 17.3. The molecule has 0 amide bonds. The van der Waals surface area contributed by atoms with Crippen LogP contribution in [-0.2, 0) is 13.0 Å². The van der Waals surface area contributed by atoms with Gasteiger partial charge in [-0.1, -0.05) is 17.7 Å². The molecule has 0 N–H and O–H groups in total. The standard InChI is InChI=1S/C20H15ClFN3S/c1-11-7-15(22)14(21)9-13(11)19-20(25-6-2-3-18(25)24-19)12-4-5-16-17(8-12)26-10-23-16/h4-5,7-10H,2-3,6H2,1H3. The molecule has 130 valence electrons. The third-order valence-corrected chi connectivity index (χ3v) is 6.04. The van der Waals surface area contributed by atoms with Gasteiger partial charge in [0.1, 0.15) is 11.6 Å². The zero-order valence-electron chi connectivity index (χ0n) is 14.1. The van der Waals surface area contributed by atoms with Crippen LogP contribution in [0.25, 0.3) is 32.7 Å². The molecule has 1 aliphatic rings. The average Bonchev–Trinajstić information content (AvgIpc) is 3.32. The first-order valence-corrected chi connectivity index (χ1v) is 9.76. The molecule has 0 aliphatic carbocycles. The van der Waals surface area contributed by atoms with E-state index in [1.165, 1.54) is 6.07 Å². The molecule has 2 aromatic carbocycles. The van der Waals surface area contributed by atoms with Crippen molar-refractivity contribution in [2.75, 3.05) is 0 Å². The van der Waals surface area contributed by atoms with E-state index in [2.05, 4.69) is 21.7 Å². The minimum Gasteiger partial charge on any atom is -0.327 e. The van der Waals surface area contributed by atoms with E-state index in [1.54, 1.807) is 17.4 Å². The third kappa shape index (κ3) is 2.38. The van der Waals surface area contributed by atoms with Crippen LogP contribution in [0.5, 0.6) is 0 Å². The van der Waals surface area contributed by atoms with E-state index in [4.69, 9.17) is 16.6 Å². The Bertz CT molecular complexity index is 1160. The maximum atomic E-state index is 13.8. The number of imidazole rings is 1. The SMILES string of the molecule is Cc1cc(F)c(Cl)cc1-c1nc2n(c1-c1ccc3ncsc3c1)CCC2. The lowest BCUT2D eigenvalue weighted by atomic mass is 10.0. The van der Waals surface area contributed by atoms with Gasteiger partial charge in [-0.15, -0.1) is 11.3 Å². The van der Waals surface area contributed by atoms with Crippen molar-refractivity contribution >= 4 is 33.2 Å². The first-order valence-electron chi connectivity index (χ1n) is 8.51. The smallest absolute Gasteiger partial charge is 0.142 e. The Hall–Kier alpha value is -2.24. The highest BCUT2D eigenvalue weighted by Crippen LogP contribution is 2.39. The summed E-state index contributed by atoms with van der Waals surface area (Å²) in [4.78, 5) is 9.27. The summed E-state index contributed by atoms with van der Waals surface area (Å²) in [5.74, 6) is 0.687. The number of aryl methyl sites for hydroxylation is 2. The van der Waals surface area contributed by atoms with Gasteiger partial charge in [0.05, 0.1) is 32.1 Å². The van der Waals surface area contributed by atoms with Gasteiger partial charge in [0.25, 0.3) is 0 Å². The Morgan fingerprint density at radius 2 is 2.12 bits per heavy atom. The van der Waals surface area contributed by atoms with Gasteiger partial charge in [-0.3, -0.25) is 0 Å². The molecule has 0 unspecified atom stereocenters. The molecule has 5 rings (SSSR count). The summed E-state index contributed by atoms with van der Waals surface area (Å²) in [5.41, 5.74) is 7.66. The lowest BCUT2D eigenvalue weighted by Gasteiger charge is -2.11. The highest BCUT2D eigenvalue weighted by molar-refractivity contribution is 7.16. The third-order valence-electron chi connectivity index (χ3n) is 4.96. The van der Waals surface area contributed by atoms with E-state index in [9.17, 15) is 4.39 Å². The van der Waals surface area contributed by atoms with Gasteiger partial charge in [0.15, 0.2) is 0 Å². The van der Waals surface area contributed by atoms with E-state index in [1.807, 2.05) is 18.5 Å². The molecule has 0 saturated heterocycles. The Balaban J connectivity index is 1.78. The van der Waals surface area contributed by atoms with Crippen LogP contribution in [0.15, 0.2) is 35.8 Å². The first kappa shape index (κ1) is 16.0. The molecule has 0 bridgehead atoms. The highest BCUT2D eigenvalue weighted by Gasteiger charge is 2.24. The number of hydrogen-bond acceptors (Lipinski definition) is 3. The molecule has 6 heteroatoms. The van der Waals surface area contributed by atoms with E-state index in [0.717, 1.165) is 63.5 Å². The fraction of sp³-hybridized carbons (Fsp3) is 0.200. The predicted molar refractivity (Wildman–Crippen MR) is 104 cm³/mol. The number of thiazole rings is 1. The van der Waals surface area contributed by atoms with Gasteiger partial charge in [-0.25, -0.2) is 14.4 Å². The molecule has 4 aromatic rings. The summed E-state index contributed by atoms with van der Waals surface area (Å²) in [5, 5.41) is 0.127. The molecule has 3 nitrogen and oxygen atoms in total. The van der Waals surface area contributed by atoms with Crippen LogP contribution >= 0.6 is 22.9 Å². The molecular formula is C20H15ClFN3S. The van der Waals surface area contributed by atoms with Crippen LogP contribution in [0.3, 0.4) is 0 Å². The number of halogens is 2. The number of nitrogens with zero attached hydrogens (tertiary/aromatic N) is 3. The predicted octanol–water partition coefficient (Wildman–Crippen LogP) is 5.87. The number of fused-ring (bicyclic) bond motifs is 2.